The number of aliphatic carboxylic acids is 1. The van der Waals surface area contributed by atoms with Crippen molar-refractivity contribution in [1.29, 1.82) is 0 Å². The van der Waals surface area contributed by atoms with Crippen molar-refractivity contribution < 1.29 is 14.7 Å². The topological polar surface area (TPSA) is 101 Å². The van der Waals surface area contributed by atoms with Gasteiger partial charge in [-0.1, -0.05) is 13.8 Å². The van der Waals surface area contributed by atoms with E-state index in [1.165, 1.54) is 19.2 Å². The number of rotatable bonds is 4. The fourth-order valence-electron chi connectivity index (χ4n) is 1.35. The Kier molecular flexibility index (Phi) is 4.19. The molecule has 0 unspecified atom stereocenters. The molecule has 0 aliphatic heterocycles. The van der Waals surface area contributed by atoms with Gasteiger partial charge in [0.15, 0.2) is 0 Å². The van der Waals surface area contributed by atoms with Crippen molar-refractivity contribution in [1.82, 2.24) is 15.1 Å². The molecule has 0 aliphatic rings. The first-order valence-corrected chi connectivity index (χ1v) is 5.41. The third-order valence-electron chi connectivity index (χ3n) is 2.41. The number of carbonyl (C=O) groups is 2. The Hall–Kier alpha value is -2.18. The van der Waals surface area contributed by atoms with Gasteiger partial charge in [0.25, 0.3) is 11.5 Å². The van der Waals surface area contributed by atoms with Crippen LogP contribution in [0.25, 0.3) is 0 Å². The van der Waals surface area contributed by atoms with Gasteiger partial charge < -0.3 is 10.4 Å². The highest BCUT2D eigenvalue weighted by atomic mass is 16.4. The van der Waals surface area contributed by atoms with E-state index in [0.29, 0.717) is 0 Å². The van der Waals surface area contributed by atoms with Gasteiger partial charge in [-0.2, -0.15) is 5.10 Å². The molecule has 0 spiro atoms. The lowest BCUT2D eigenvalue weighted by Crippen LogP contribution is -2.44. The van der Waals surface area contributed by atoms with E-state index in [4.69, 9.17) is 5.11 Å². The minimum Gasteiger partial charge on any atom is -0.480 e. The van der Waals surface area contributed by atoms with E-state index in [-0.39, 0.29) is 17.2 Å². The minimum absolute atomic E-state index is 0.00370. The van der Waals surface area contributed by atoms with E-state index in [2.05, 4.69) is 10.4 Å². The van der Waals surface area contributed by atoms with Crippen molar-refractivity contribution in [2.24, 2.45) is 13.0 Å². The van der Waals surface area contributed by atoms with Crippen LogP contribution in [0.3, 0.4) is 0 Å². The van der Waals surface area contributed by atoms with Gasteiger partial charge in [0.05, 0.1) is 0 Å². The van der Waals surface area contributed by atoms with Crippen LogP contribution >= 0.6 is 0 Å². The van der Waals surface area contributed by atoms with E-state index in [0.717, 1.165) is 4.68 Å². The molecule has 1 atom stereocenters. The summed E-state index contributed by atoms with van der Waals surface area (Å²) in [5.41, 5.74) is -0.339. The molecule has 0 radical (unpaired) electrons. The Morgan fingerprint density at radius 1 is 1.39 bits per heavy atom. The Morgan fingerprint density at radius 3 is 2.44 bits per heavy atom. The number of carboxylic acid groups (broad SMARTS) is 1. The number of carbonyl (C=O) groups excluding carboxylic acids is 1. The molecule has 0 saturated carbocycles. The molecule has 18 heavy (non-hydrogen) atoms. The summed E-state index contributed by atoms with van der Waals surface area (Å²) in [6.45, 7) is 3.38. The predicted octanol–water partition coefficient (Wildman–Crippen LogP) is -0.381. The molecule has 98 valence electrons. The van der Waals surface area contributed by atoms with Crippen LogP contribution in [-0.2, 0) is 11.8 Å². The van der Waals surface area contributed by atoms with E-state index >= 15 is 0 Å². The van der Waals surface area contributed by atoms with Gasteiger partial charge in [0.2, 0.25) is 0 Å². The summed E-state index contributed by atoms with van der Waals surface area (Å²) < 4.78 is 1.01. The molecule has 2 N–H and O–H groups in total. The van der Waals surface area contributed by atoms with E-state index in [1.807, 2.05) is 0 Å². The van der Waals surface area contributed by atoms with Crippen molar-refractivity contribution in [2.75, 3.05) is 0 Å². The second-order valence-corrected chi connectivity index (χ2v) is 4.21. The SMILES string of the molecule is CC(C)[C@H](NC(=O)c1ccc(=O)n(C)n1)C(=O)O. The molecule has 1 rings (SSSR count). The van der Waals surface area contributed by atoms with Crippen LogP contribution in [0.5, 0.6) is 0 Å². The maximum atomic E-state index is 11.8. The number of aryl methyl sites for hydroxylation is 1. The van der Waals surface area contributed by atoms with Crippen LogP contribution in [0.2, 0.25) is 0 Å². The van der Waals surface area contributed by atoms with Crippen LogP contribution < -0.4 is 10.9 Å². The van der Waals surface area contributed by atoms with Crippen molar-refractivity contribution in [2.45, 2.75) is 19.9 Å². The summed E-state index contributed by atoms with van der Waals surface area (Å²) in [6.07, 6.45) is 0. The molecule has 1 aromatic heterocycles. The third-order valence-corrected chi connectivity index (χ3v) is 2.41. The standard InChI is InChI=1S/C11H15N3O4/c1-6(2)9(11(17)18)12-10(16)7-4-5-8(15)14(3)13-7/h4-6,9H,1-3H3,(H,12,16)(H,17,18)/t9-/m0/s1. The Balaban J connectivity index is 2.90. The quantitative estimate of drug-likeness (QED) is 0.761. The molecule has 0 fully saturated rings. The number of nitrogens with one attached hydrogen (secondary N) is 1. The van der Waals surface area contributed by atoms with Crippen molar-refractivity contribution in [3.05, 3.63) is 28.2 Å². The van der Waals surface area contributed by atoms with E-state index < -0.39 is 17.9 Å². The van der Waals surface area contributed by atoms with Gasteiger partial charge in [0, 0.05) is 13.1 Å². The average Bonchev–Trinajstić information content (AvgIpc) is 2.28. The smallest absolute Gasteiger partial charge is 0.326 e. The first kappa shape index (κ1) is 13.9. The second kappa shape index (κ2) is 5.44. The molecular weight excluding hydrogens is 238 g/mol. The summed E-state index contributed by atoms with van der Waals surface area (Å²) in [5, 5.41) is 15.1. The molecule has 0 aromatic carbocycles. The van der Waals surface area contributed by atoms with Crippen LogP contribution in [-0.4, -0.2) is 32.8 Å². The van der Waals surface area contributed by atoms with Crippen LogP contribution in [0.1, 0.15) is 24.3 Å². The van der Waals surface area contributed by atoms with Crippen molar-refractivity contribution in [3.8, 4) is 0 Å². The number of amides is 1. The van der Waals surface area contributed by atoms with Crippen LogP contribution in [0.15, 0.2) is 16.9 Å². The van der Waals surface area contributed by atoms with Crippen molar-refractivity contribution in [3.63, 3.8) is 0 Å². The summed E-state index contributed by atoms with van der Waals surface area (Å²) in [4.78, 5) is 33.8. The highest BCUT2D eigenvalue weighted by molar-refractivity contribution is 5.94. The van der Waals surface area contributed by atoms with Gasteiger partial charge in [-0.3, -0.25) is 9.59 Å². The maximum Gasteiger partial charge on any atom is 0.326 e. The summed E-state index contributed by atoms with van der Waals surface area (Å²) in [7, 11) is 1.41. The molecule has 7 heteroatoms. The van der Waals surface area contributed by atoms with E-state index in [9.17, 15) is 14.4 Å². The highest BCUT2D eigenvalue weighted by Gasteiger charge is 2.24. The van der Waals surface area contributed by atoms with Crippen LogP contribution in [0, 0.1) is 5.92 Å². The molecule has 0 aliphatic carbocycles. The molecular formula is C11H15N3O4. The number of nitrogens with zero attached hydrogens (tertiary/aromatic N) is 2. The van der Waals surface area contributed by atoms with Gasteiger partial charge in [0.1, 0.15) is 11.7 Å². The fraction of sp³-hybridized carbons (Fsp3) is 0.455. The lowest BCUT2D eigenvalue weighted by atomic mass is 10.0. The van der Waals surface area contributed by atoms with E-state index in [1.54, 1.807) is 13.8 Å². The monoisotopic (exact) mass is 253 g/mol. The zero-order valence-corrected chi connectivity index (χ0v) is 10.4. The zero-order chi connectivity index (χ0) is 13.9. The summed E-state index contributed by atoms with van der Waals surface area (Å²) >= 11 is 0. The molecule has 1 amide bonds. The van der Waals surface area contributed by atoms with Gasteiger partial charge in [-0.05, 0) is 12.0 Å². The van der Waals surface area contributed by atoms with Gasteiger partial charge in [-0.15, -0.1) is 0 Å². The normalized spacial score (nSPS) is 12.2. The molecule has 1 heterocycles. The predicted molar refractivity (Wildman–Crippen MR) is 63.2 cm³/mol. The number of hydrogen-bond acceptors (Lipinski definition) is 4. The maximum absolute atomic E-state index is 11.8. The lowest BCUT2D eigenvalue weighted by Gasteiger charge is -2.17. The van der Waals surface area contributed by atoms with Gasteiger partial charge in [-0.25, -0.2) is 9.48 Å². The molecule has 0 saturated heterocycles. The molecule has 1 aromatic rings. The molecule has 0 bridgehead atoms. The number of aromatic nitrogens is 2. The number of hydrogen-bond donors (Lipinski definition) is 2. The largest absolute Gasteiger partial charge is 0.480 e. The first-order valence-electron chi connectivity index (χ1n) is 5.41. The first-order chi connectivity index (χ1) is 8.32. The summed E-state index contributed by atoms with van der Waals surface area (Å²) in [5.74, 6) is -1.98. The highest BCUT2D eigenvalue weighted by Crippen LogP contribution is 2.03. The third kappa shape index (κ3) is 3.16. The average molecular weight is 253 g/mol. The van der Waals surface area contributed by atoms with Gasteiger partial charge >= 0.3 is 5.97 Å². The fourth-order valence-corrected chi connectivity index (χ4v) is 1.35. The zero-order valence-electron chi connectivity index (χ0n) is 10.4. The van der Waals surface area contributed by atoms with Crippen LogP contribution in [0.4, 0.5) is 0 Å². The second-order valence-electron chi connectivity index (χ2n) is 4.21. The Bertz CT molecular complexity index is 521. The van der Waals surface area contributed by atoms with Crippen molar-refractivity contribution >= 4 is 11.9 Å². The Labute approximate surface area is 103 Å². The Morgan fingerprint density at radius 2 is 2.00 bits per heavy atom. The minimum atomic E-state index is -1.11. The lowest BCUT2D eigenvalue weighted by molar-refractivity contribution is -0.140. The summed E-state index contributed by atoms with van der Waals surface area (Å²) in [6, 6.07) is 1.47. The molecule has 7 nitrogen and oxygen atoms in total. The number of carboxylic acids is 1.